The highest BCUT2D eigenvalue weighted by molar-refractivity contribution is 5.76. The molecule has 1 atom stereocenters. The molecule has 6 nitrogen and oxygen atoms in total. The van der Waals surface area contributed by atoms with Crippen molar-refractivity contribution >= 4 is 5.91 Å². The quantitative estimate of drug-likeness (QED) is 0.704. The van der Waals surface area contributed by atoms with Crippen molar-refractivity contribution in [1.82, 2.24) is 10.5 Å². The lowest BCUT2D eigenvalue weighted by atomic mass is 10.1. The fourth-order valence-corrected chi connectivity index (χ4v) is 1.84. The maximum Gasteiger partial charge on any atom is 0.222 e. The SMILES string of the molecule is Cc1noc(C)c1C(C)NC(=O)CCOCCN. The Hall–Kier alpha value is -1.40. The van der Waals surface area contributed by atoms with Crippen molar-refractivity contribution in [3.63, 3.8) is 0 Å². The lowest BCUT2D eigenvalue weighted by molar-refractivity contribution is -0.122. The number of nitrogens with one attached hydrogen (secondary N) is 1. The number of amides is 1. The minimum atomic E-state index is -0.113. The van der Waals surface area contributed by atoms with Crippen molar-refractivity contribution in [2.75, 3.05) is 19.8 Å². The highest BCUT2D eigenvalue weighted by Crippen LogP contribution is 2.20. The number of carbonyl (C=O) groups excluding carboxylic acids is 1. The Morgan fingerprint density at radius 1 is 1.50 bits per heavy atom. The molecule has 3 N–H and O–H groups in total. The summed E-state index contributed by atoms with van der Waals surface area (Å²) in [6.45, 7) is 6.94. The van der Waals surface area contributed by atoms with Crippen LogP contribution in [-0.4, -0.2) is 30.8 Å². The second-order valence-electron chi connectivity index (χ2n) is 4.18. The first-order valence-electron chi connectivity index (χ1n) is 6.06. The molecule has 1 aromatic rings. The van der Waals surface area contributed by atoms with Crippen molar-refractivity contribution < 1.29 is 14.1 Å². The van der Waals surface area contributed by atoms with E-state index in [-0.39, 0.29) is 11.9 Å². The molecule has 1 heterocycles. The molecule has 1 amide bonds. The van der Waals surface area contributed by atoms with Gasteiger partial charge in [0.05, 0.1) is 24.9 Å². The lowest BCUT2D eigenvalue weighted by Gasteiger charge is -2.13. The fourth-order valence-electron chi connectivity index (χ4n) is 1.84. The smallest absolute Gasteiger partial charge is 0.222 e. The minimum Gasteiger partial charge on any atom is -0.380 e. The number of aryl methyl sites for hydroxylation is 2. The van der Waals surface area contributed by atoms with Crippen molar-refractivity contribution in [3.05, 3.63) is 17.0 Å². The van der Waals surface area contributed by atoms with E-state index in [9.17, 15) is 4.79 Å². The maximum atomic E-state index is 11.7. The summed E-state index contributed by atoms with van der Waals surface area (Å²) in [6, 6.07) is -0.113. The van der Waals surface area contributed by atoms with Gasteiger partial charge in [0, 0.05) is 18.5 Å². The molecule has 0 fully saturated rings. The molecule has 0 aliphatic rings. The molecular weight excluding hydrogens is 234 g/mol. The molecule has 0 bridgehead atoms. The lowest BCUT2D eigenvalue weighted by Crippen LogP contribution is -2.28. The van der Waals surface area contributed by atoms with E-state index >= 15 is 0 Å². The van der Waals surface area contributed by atoms with Gasteiger partial charge in [-0.15, -0.1) is 0 Å². The Labute approximate surface area is 107 Å². The predicted octanol–water partition coefficient (Wildman–Crippen LogP) is 0.834. The van der Waals surface area contributed by atoms with Crippen molar-refractivity contribution in [2.45, 2.75) is 33.2 Å². The molecule has 6 heteroatoms. The molecule has 1 rings (SSSR count). The zero-order valence-electron chi connectivity index (χ0n) is 11.2. The number of aromatic nitrogens is 1. The van der Waals surface area contributed by atoms with E-state index in [0.29, 0.717) is 26.2 Å². The Bertz CT molecular complexity index is 370. The number of rotatable bonds is 7. The fraction of sp³-hybridized carbons (Fsp3) is 0.667. The Morgan fingerprint density at radius 3 is 2.78 bits per heavy atom. The highest BCUT2D eigenvalue weighted by Gasteiger charge is 2.17. The standard InChI is InChI=1S/C12H21N3O3/c1-8(12-9(2)15-18-10(12)3)14-11(16)4-6-17-7-5-13/h8H,4-7,13H2,1-3H3,(H,14,16). The van der Waals surface area contributed by atoms with Gasteiger partial charge in [-0.05, 0) is 20.8 Å². The van der Waals surface area contributed by atoms with Crippen LogP contribution in [0, 0.1) is 13.8 Å². The van der Waals surface area contributed by atoms with Gasteiger partial charge in [-0.1, -0.05) is 5.16 Å². The van der Waals surface area contributed by atoms with Crippen molar-refractivity contribution in [2.24, 2.45) is 5.73 Å². The molecular formula is C12H21N3O3. The minimum absolute atomic E-state index is 0.0560. The van der Waals surface area contributed by atoms with E-state index in [1.807, 2.05) is 20.8 Å². The second kappa shape index (κ2) is 7.13. The first-order chi connectivity index (χ1) is 8.56. The van der Waals surface area contributed by atoms with Gasteiger partial charge >= 0.3 is 0 Å². The van der Waals surface area contributed by atoms with E-state index in [0.717, 1.165) is 17.0 Å². The third kappa shape index (κ3) is 4.12. The van der Waals surface area contributed by atoms with E-state index in [2.05, 4.69) is 10.5 Å². The van der Waals surface area contributed by atoms with Crippen molar-refractivity contribution in [3.8, 4) is 0 Å². The molecule has 0 aromatic carbocycles. The normalized spacial score (nSPS) is 12.4. The average Bonchev–Trinajstić information content (AvgIpc) is 2.64. The first-order valence-corrected chi connectivity index (χ1v) is 6.06. The third-order valence-electron chi connectivity index (χ3n) is 2.63. The second-order valence-corrected chi connectivity index (χ2v) is 4.18. The summed E-state index contributed by atoms with van der Waals surface area (Å²) in [5, 5.41) is 6.76. The molecule has 0 radical (unpaired) electrons. The number of hydrogen-bond donors (Lipinski definition) is 2. The number of nitrogens with zero attached hydrogens (tertiary/aromatic N) is 1. The molecule has 1 aromatic heterocycles. The van der Waals surface area contributed by atoms with Crippen LogP contribution in [0.2, 0.25) is 0 Å². The largest absolute Gasteiger partial charge is 0.380 e. The summed E-state index contributed by atoms with van der Waals surface area (Å²) >= 11 is 0. The summed E-state index contributed by atoms with van der Waals surface area (Å²) in [6.07, 6.45) is 0.327. The Morgan fingerprint density at radius 2 is 2.22 bits per heavy atom. The average molecular weight is 255 g/mol. The van der Waals surface area contributed by atoms with Crippen LogP contribution in [0.25, 0.3) is 0 Å². The van der Waals surface area contributed by atoms with Gasteiger partial charge in [0.25, 0.3) is 0 Å². The van der Waals surface area contributed by atoms with E-state index in [4.69, 9.17) is 15.0 Å². The maximum absolute atomic E-state index is 11.7. The summed E-state index contributed by atoms with van der Waals surface area (Å²) in [5.74, 6) is 0.680. The monoisotopic (exact) mass is 255 g/mol. The molecule has 0 spiro atoms. The third-order valence-corrected chi connectivity index (χ3v) is 2.63. The van der Waals surface area contributed by atoms with Crippen LogP contribution in [0.4, 0.5) is 0 Å². The molecule has 0 saturated heterocycles. The van der Waals surface area contributed by atoms with Crippen molar-refractivity contribution in [1.29, 1.82) is 0 Å². The summed E-state index contributed by atoms with van der Waals surface area (Å²) in [4.78, 5) is 11.7. The molecule has 0 saturated carbocycles. The number of hydrogen-bond acceptors (Lipinski definition) is 5. The Balaban J connectivity index is 2.40. The summed E-state index contributed by atoms with van der Waals surface area (Å²) < 4.78 is 10.2. The topological polar surface area (TPSA) is 90.4 Å². The van der Waals surface area contributed by atoms with Gasteiger partial charge in [0.2, 0.25) is 5.91 Å². The highest BCUT2D eigenvalue weighted by atomic mass is 16.5. The summed E-state index contributed by atoms with van der Waals surface area (Å²) in [5.41, 5.74) is 7.02. The molecule has 0 aliphatic heterocycles. The van der Waals surface area contributed by atoms with Gasteiger partial charge in [-0.25, -0.2) is 0 Å². The van der Waals surface area contributed by atoms with Crippen LogP contribution in [0.1, 0.15) is 36.4 Å². The zero-order valence-corrected chi connectivity index (χ0v) is 11.2. The first kappa shape index (κ1) is 14.7. The molecule has 18 heavy (non-hydrogen) atoms. The molecule has 102 valence electrons. The number of nitrogens with two attached hydrogens (primary N) is 1. The molecule has 1 unspecified atom stereocenters. The van der Waals surface area contributed by atoms with E-state index < -0.39 is 0 Å². The van der Waals surface area contributed by atoms with Gasteiger partial charge in [0.1, 0.15) is 5.76 Å². The van der Waals surface area contributed by atoms with E-state index in [1.165, 1.54) is 0 Å². The van der Waals surface area contributed by atoms with Crippen LogP contribution < -0.4 is 11.1 Å². The Kier molecular flexibility index (Phi) is 5.80. The van der Waals surface area contributed by atoms with Crippen LogP contribution in [0.15, 0.2) is 4.52 Å². The van der Waals surface area contributed by atoms with Crippen LogP contribution in [0.5, 0.6) is 0 Å². The van der Waals surface area contributed by atoms with Crippen LogP contribution in [-0.2, 0) is 9.53 Å². The van der Waals surface area contributed by atoms with Gasteiger partial charge < -0.3 is 20.3 Å². The van der Waals surface area contributed by atoms with Crippen LogP contribution >= 0.6 is 0 Å². The van der Waals surface area contributed by atoms with E-state index in [1.54, 1.807) is 0 Å². The number of ether oxygens (including phenoxy) is 1. The summed E-state index contributed by atoms with van der Waals surface area (Å²) in [7, 11) is 0. The molecule has 0 aliphatic carbocycles. The van der Waals surface area contributed by atoms with Gasteiger partial charge in [-0.2, -0.15) is 0 Å². The van der Waals surface area contributed by atoms with Crippen LogP contribution in [0.3, 0.4) is 0 Å². The predicted molar refractivity (Wildman–Crippen MR) is 67.0 cm³/mol. The zero-order chi connectivity index (χ0) is 13.5. The number of carbonyl (C=O) groups is 1. The van der Waals surface area contributed by atoms with Gasteiger partial charge in [-0.3, -0.25) is 4.79 Å². The van der Waals surface area contributed by atoms with Gasteiger partial charge in [0.15, 0.2) is 0 Å².